The van der Waals surface area contributed by atoms with E-state index in [-0.39, 0.29) is 0 Å². The van der Waals surface area contributed by atoms with Crippen LogP contribution in [0.2, 0.25) is 5.02 Å². The maximum atomic E-state index is 5.89. The highest BCUT2D eigenvalue weighted by molar-refractivity contribution is 6.30. The highest BCUT2D eigenvalue weighted by Gasteiger charge is 2.19. The highest BCUT2D eigenvalue weighted by atomic mass is 35.5. The van der Waals surface area contributed by atoms with Gasteiger partial charge in [-0.3, -0.25) is 0 Å². The van der Waals surface area contributed by atoms with Crippen molar-refractivity contribution in [2.24, 2.45) is 5.73 Å². The standard InChI is InChI=1S/C15H19ClN4O/c16-11-1-5-14(6-2-11)20-9-13(18-19-20)10-21-15-7-3-12(17)4-8-15/h1-2,5-6,9,12,15H,3-4,7-8,10,17H2. The SMILES string of the molecule is NC1CCC(OCc2cn(-c3ccc(Cl)cc3)nn2)CC1. The number of halogens is 1. The molecule has 2 N–H and O–H groups in total. The monoisotopic (exact) mass is 306 g/mol. The maximum absolute atomic E-state index is 5.89. The molecule has 5 nitrogen and oxygen atoms in total. The first-order chi connectivity index (χ1) is 10.2. The van der Waals surface area contributed by atoms with Crippen molar-refractivity contribution in [2.75, 3.05) is 0 Å². The zero-order valence-corrected chi connectivity index (χ0v) is 12.5. The molecule has 1 heterocycles. The number of hydrogen-bond donors (Lipinski definition) is 1. The Morgan fingerprint density at radius 3 is 2.62 bits per heavy atom. The minimum atomic E-state index is 0.297. The molecule has 0 atom stereocenters. The average Bonchev–Trinajstić information content (AvgIpc) is 2.96. The van der Waals surface area contributed by atoms with E-state index in [4.69, 9.17) is 22.1 Å². The summed E-state index contributed by atoms with van der Waals surface area (Å²) in [5.74, 6) is 0. The largest absolute Gasteiger partial charge is 0.372 e. The zero-order chi connectivity index (χ0) is 14.7. The van der Waals surface area contributed by atoms with E-state index < -0.39 is 0 Å². The molecular formula is C15H19ClN4O. The third-order valence-electron chi connectivity index (χ3n) is 3.82. The Morgan fingerprint density at radius 1 is 1.19 bits per heavy atom. The molecule has 2 aromatic rings. The molecule has 3 rings (SSSR count). The minimum Gasteiger partial charge on any atom is -0.372 e. The van der Waals surface area contributed by atoms with Crippen molar-refractivity contribution in [2.45, 2.75) is 44.4 Å². The number of hydrogen-bond acceptors (Lipinski definition) is 4. The van der Waals surface area contributed by atoms with Crippen molar-refractivity contribution < 1.29 is 4.74 Å². The van der Waals surface area contributed by atoms with Crippen LogP contribution in [-0.2, 0) is 11.3 Å². The van der Waals surface area contributed by atoms with Gasteiger partial charge >= 0.3 is 0 Å². The van der Waals surface area contributed by atoms with Gasteiger partial charge in [0.1, 0.15) is 5.69 Å². The number of nitrogens with zero attached hydrogens (tertiary/aromatic N) is 3. The third-order valence-corrected chi connectivity index (χ3v) is 4.07. The molecular weight excluding hydrogens is 288 g/mol. The van der Waals surface area contributed by atoms with Crippen LogP contribution in [0.5, 0.6) is 0 Å². The predicted molar refractivity (Wildman–Crippen MR) is 81.4 cm³/mol. The summed E-state index contributed by atoms with van der Waals surface area (Å²) in [7, 11) is 0. The van der Waals surface area contributed by atoms with Crippen LogP contribution in [0.25, 0.3) is 5.69 Å². The topological polar surface area (TPSA) is 66.0 Å². The Bertz CT molecular complexity index is 576. The second-order valence-corrected chi connectivity index (χ2v) is 5.92. The number of ether oxygens (including phenoxy) is 1. The molecule has 0 bridgehead atoms. The molecule has 6 heteroatoms. The Hall–Kier alpha value is -1.43. The van der Waals surface area contributed by atoms with Gasteiger partial charge in [-0.15, -0.1) is 5.10 Å². The molecule has 0 radical (unpaired) electrons. The van der Waals surface area contributed by atoms with Gasteiger partial charge in [0.15, 0.2) is 0 Å². The molecule has 0 saturated heterocycles. The summed E-state index contributed by atoms with van der Waals surface area (Å²) < 4.78 is 7.62. The van der Waals surface area contributed by atoms with Crippen molar-refractivity contribution in [1.82, 2.24) is 15.0 Å². The quantitative estimate of drug-likeness (QED) is 0.943. The van der Waals surface area contributed by atoms with Gasteiger partial charge in [0.25, 0.3) is 0 Å². The van der Waals surface area contributed by atoms with Crippen LogP contribution in [0.4, 0.5) is 0 Å². The Kier molecular flexibility index (Phi) is 4.53. The number of aromatic nitrogens is 3. The summed E-state index contributed by atoms with van der Waals surface area (Å²) in [5, 5.41) is 8.97. The molecule has 1 saturated carbocycles. The highest BCUT2D eigenvalue weighted by Crippen LogP contribution is 2.21. The van der Waals surface area contributed by atoms with E-state index in [1.54, 1.807) is 4.68 Å². The van der Waals surface area contributed by atoms with Gasteiger partial charge in [0.05, 0.1) is 24.6 Å². The summed E-state index contributed by atoms with van der Waals surface area (Å²) in [6, 6.07) is 7.82. The van der Waals surface area contributed by atoms with Crippen molar-refractivity contribution in [3.8, 4) is 5.69 Å². The Balaban J connectivity index is 1.56. The summed E-state index contributed by atoms with van der Waals surface area (Å²) >= 11 is 5.88. The van der Waals surface area contributed by atoms with E-state index in [9.17, 15) is 0 Å². The lowest BCUT2D eigenvalue weighted by atomic mass is 9.94. The van der Waals surface area contributed by atoms with E-state index in [0.29, 0.717) is 23.8 Å². The van der Waals surface area contributed by atoms with Crippen molar-refractivity contribution in [3.05, 3.63) is 41.2 Å². The Morgan fingerprint density at radius 2 is 1.90 bits per heavy atom. The fraction of sp³-hybridized carbons (Fsp3) is 0.467. The summed E-state index contributed by atoms with van der Waals surface area (Å²) in [4.78, 5) is 0. The smallest absolute Gasteiger partial charge is 0.109 e. The molecule has 1 aromatic carbocycles. The van der Waals surface area contributed by atoms with Crippen LogP contribution >= 0.6 is 11.6 Å². The van der Waals surface area contributed by atoms with Crippen LogP contribution in [0.15, 0.2) is 30.5 Å². The molecule has 0 spiro atoms. The molecule has 112 valence electrons. The fourth-order valence-corrected chi connectivity index (χ4v) is 2.67. The lowest BCUT2D eigenvalue weighted by Crippen LogP contribution is -2.30. The van der Waals surface area contributed by atoms with Crippen molar-refractivity contribution in [1.29, 1.82) is 0 Å². The van der Waals surface area contributed by atoms with E-state index in [1.807, 2.05) is 30.5 Å². The van der Waals surface area contributed by atoms with Gasteiger partial charge in [0, 0.05) is 11.1 Å². The summed E-state index contributed by atoms with van der Waals surface area (Å²) in [6.45, 7) is 0.494. The first-order valence-corrected chi connectivity index (χ1v) is 7.63. The zero-order valence-electron chi connectivity index (χ0n) is 11.8. The lowest BCUT2D eigenvalue weighted by molar-refractivity contribution is 0.0122. The van der Waals surface area contributed by atoms with E-state index in [0.717, 1.165) is 37.1 Å². The minimum absolute atomic E-state index is 0.297. The van der Waals surface area contributed by atoms with Crippen LogP contribution in [0.1, 0.15) is 31.4 Å². The summed E-state index contributed by atoms with van der Waals surface area (Å²) in [5.41, 5.74) is 7.66. The van der Waals surface area contributed by atoms with E-state index >= 15 is 0 Å². The molecule has 1 aliphatic carbocycles. The predicted octanol–water partition coefficient (Wildman–Crippen LogP) is 2.71. The summed E-state index contributed by atoms with van der Waals surface area (Å²) in [6.07, 6.45) is 6.34. The van der Waals surface area contributed by atoms with Gasteiger partial charge in [0.2, 0.25) is 0 Å². The average molecular weight is 307 g/mol. The van der Waals surface area contributed by atoms with Crippen LogP contribution < -0.4 is 5.73 Å². The third kappa shape index (κ3) is 3.81. The molecule has 0 unspecified atom stereocenters. The van der Waals surface area contributed by atoms with Gasteiger partial charge in [-0.25, -0.2) is 4.68 Å². The van der Waals surface area contributed by atoms with Gasteiger partial charge in [-0.05, 0) is 49.9 Å². The normalized spacial score (nSPS) is 22.4. The van der Waals surface area contributed by atoms with Gasteiger partial charge in [-0.2, -0.15) is 0 Å². The second kappa shape index (κ2) is 6.56. The van der Waals surface area contributed by atoms with Crippen molar-refractivity contribution >= 4 is 11.6 Å². The molecule has 0 aliphatic heterocycles. The lowest BCUT2D eigenvalue weighted by Gasteiger charge is -2.25. The van der Waals surface area contributed by atoms with Crippen LogP contribution in [0, 0.1) is 0 Å². The molecule has 1 aromatic heterocycles. The van der Waals surface area contributed by atoms with Gasteiger partial charge in [-0.1, -0.05) is 16.8 Å². The number of benzene rings is 1. The Labute approximate surface area is 129 Å². The molecule has 0 amide bonds. The molecule has 1 aliphatic rings. The van der Waals surface area contributed by atoms with Crippen molar-refractivity contribution in [3.63, 3.8) is 0 Å². The van der Waals surface area contributed by atoms with E-state index in [2.05, 4.69) is 10.3 Å². The van der Waals surface area contributed by atoms with Crippen LogP contribution in [-0.4, -0.2) is 27.1 Å². The second-order valence-electron chi connectivity index (χ2n) is 5.48. The number of rotatable bonds is 4. The first-order valence-electron chi connectivity index (χ1n) is 7.25. The molecule has 21 heavy (non-hydrogen) atoms. The first kappa shape index (κ1) is 14.5. The number of nitrogens with two attached hydrogens (primary N) is 1. The van der Waals surface area contributed by atoms with E-state index in [1.165, 1.54) is 0 Å². The fourth-order valence-electron chi connectivity index (χ4n) is 2.54. The van der Waals surface area contributed by atoms with Gasteiger partial charge < -0.3 is 10.5 Å². The molecule has 1 fully saturated rings. The van der Waals surface area contributed by atoms with Crippen LogP contribution in [0.3, 0.4) is 0 Å². The maximum Gasteiger partial charge on any atom is 0.109 e.